The van der Waals surface area contributed by atoms with E-state index in [2.05, 4.69) is 45.8 Å². The Hall–Kier alpha value is -0.749. The van der Waals surface area contributed by atoms with Crippen molar-refractivity contribution >= 4 is 37.1 Å². The smallest absolute Gasteiger partial charge is 0.332 e. The van der Waals surface area contributed by atoms with Crippen LogP contribution in [0.4, 0.5) is 0 Å². The van der Waals surface area contributed by atoms with Crippen molar-refractivity contribution in [3.63, 3.8) is 0 Å². The highest BCUT2D eigenvalue weighted by atomic mass is 28.5. The molecule has 2 N–H and O–H groups in total. The molecular formula is C18H38O6Si3. The average Bonchev–Trinajstić information content (AvgIpc) is 2.29. The molecule has 0 bridgehead atoms. The fourth-order valence-electron chi connectivity index (χ4n) is 3.41. The van der Waals surface area contributed by atoms with E-state index in [4.69, 9.17) is 8.23 Å². The Labute approximate surface area is 167 Å². The van der Waals surface area contributed by atoms with Crippen LogP contribution in [-0.4, -0.2) is 47.3 Å². The third-order valence-electron chi connectivity index (χ3n) is 3.80. The average molecular weight is 435 g/mol. The van der Waals surface area contributed by atoms with Crippen LogP contribution in [0.25, 0.3) is 0 Å². The maximum atomic E-state index is 11.7. The number of hydrogen-bond acceptors (Lipinski definition) is 4. The summed E-state index contributed by atoms with van der Waals surface area (Å²) in [5, 5.41) is 19.1. The number of carbonyl (C=O) groups is 2. The molecule has 0 aromatic rings. The minimum absolute atomic E-state index is 0.00495. The molecule has 0 aliphatic heterocycles. The standard InChI is InChI=1S/C18H38O6Si3/c1-18(2,3)15(17(21)22)14(16(19)20)12-11-13-26(7,8)24-27(9,10)23-25(4,5)6/h11-13H2,1-10H3,(H,19,20)(H,21,22). The van der Waals surface area contributed by atoms with Crippen molar-refractivity contribution in [3.8, 4) is 0 Å². The molecular weight excluding hydrogens is 396 g/mol. The first-order valence-electron chi connectivity index (χ1n) is 9.38. The van der Waals surface area contributed by atoms with Gasteiger partial charge in [0.1, 0.15) is 0 Å². The summed E-state index contributed by atoms with van der Waals surface area (Å²) in [6, 6.07) is 0.756. The van der Waals surface area contributed by atoms with Crippen LogP contribution in [0, 0.1) is 5.41 Å². The van der Waals surface area contributed by atoms with Crippen molar-refractivity contribution in [2.75, 3.05) is 0 Å². The van der Waals surface area contributed by atoms with E-state index < -0.39 is 42.5 Å². The summed E-state index contributed by atoms with van der Waals surface area (Å²) in [5.74, 6) is -2.32. The predicted octanol–water partition coefficient (Wildman–Crippen LogP) is 5.05. The highest BCUT2D eigenvalue weighted by Crippen LogP contribution is 2.32. The topological polar surface area (TPSA) is 93.1 Å². The van der Waals surface area contributed by atoms with Gasteiger partial charge < -0.3 is 18.4 Å². The molecule has 9 heteroatoms. The van der Waals surface area contributed by atoms with Crippen molar-refractivity contribution in [3.05, 3.63) is 11.1 Å². The predicted molar refractivity (Wildman–Crippen MR) is 116 cm³/mol. The Morgan fingerprint density at radius 2 is 1.33 bits per heavy atom. The SMILES string of the molecule is CC(C)(C)C(C(=O)O)=C(CCC[Si](C)(C)O[Si](C)(C)O[Si](C)(C)C)C(=O)O. The second-order valence-electron chi connectivity index (χ2n) is 10.0. The summed E-state index contributed by atoms with van der Waals surface area (Å²) in [6.07, 6.45) is 0.816. The minimum Gasteiger partial charge on any atom is -0.478 e. The Balaban J connectivity index is 5.24. The first-order chi connectivity index (χ1) is 11.8. The second kappa shape index (κ2) is 9.17. The molecule has 27 heavy (non-hydrogen) atoms. The molecule has 158 valence electrons. The molecule has 0 spiro atoms. The number of carboxylic acids is 2. The van der Waals surface area contributed by atoms with E-state index in [-0.39, 0.29) is 17.6 Å². The summed E-state index contributed by atoms with van der Waals surface area (Å²) in [7, 11) is -5.99. The Morgan fingerprint density at radius 1 is 0.852 bits per heavy atom. The van der Waals surface area contributed by atoms with Crippen LogP contribution in [0.15, 0.2) is 11.1 Å². The van der Waals surface area contributed by atoms with Gasteiger partial charge in [0.15, 0.2) is 16.6 Å². The largest absolute Gasteiger partial charge is 0.478 e. The van der Waals surface area contributed by atoms with Gasteiger partial charge >= 0.3 is 20.5 Å². The lowest BCUT2D eigenvalue weighted by Gasteiger charge is -2.37. The highest BCUT2D eigenvalue weighted by Gasteiger charge is 2.38. The van der Waals surface area contributed by atoms with Gasteiger partial charge in [-0.25, -0.2) is 9.59 Å². The zero-order chi connectivity index (χ0) is 21.8. The van der Waals surface area contributed by atoms with E-state index in [9.17, 15) is 19.8 Å². The molecule has 0 saturated carbocycles. The van der Waals surface area contributed by atoms with Crippen molar-refractivity contribution in [1.29, 1.82) is 0 Å². The maximum Gasteiger partial charge on any atom is 0.332 e. The molecule has 0 atom stereocenters. The van der Waals surface area contributed by atoms with E-state index in [1.54, 1.807) is 20.8 Å². The molecule has 0 aliphatic rings. The zero-order valence-corrected chi connectivity index (χ0v) is 21.6. The summed E-state index contributed by atoms with van der Waals surface area (Å²) >= 11 is 0. The Bertz CT molecular complexity index is 583. The lowest BCUT2D eigenvalue weighted by atomic mass is 9.82. The van der Waals surface area contributed by atoms with E-state index in [0.717, 1.165) is 6.04 Å². The number of carboxylic acid groups (broad SMARTS) is 2. The monoisotopic (exact) mass is 434 g/mol. The van der Waals surface area contributed by atoms with Gasteiger partial charge in [0, 0.05) is 5.57 Å². The normalized spacial score (nSPS) is 14.7. The Morgan fingerprint density at radius 3 is 1.67 bits per heavy atom. The molecule has 0 aromatic carbocycles. The second-order valence-corrected chi connectivity index (χ2v) is 22.7. The quantitative estimate of drug-likeness (QED) is 0.369. The summed E-state index contributed by atoms with van der Waals surface area (Å²) in [6.45, 7) is 19.9. The van der Waals surface area contributed by atoms with Gasteiger partial charge in [0.2, 0.25) is 0 Å². The molecule has 0 heterocycles. The molecule has 0 aliphatic carbocycles. The molecule has 6 nitrogen and oxygen atoms in total. The van der Waals surface area contributed by atoms with Gasteiger partial charge in [0.05, 0.1) is 5.57 Å². The fourth-order valence-corrected chi connectivity index (χ4v) is 16.6. The molecule has 0 rings (SSSR count). The summed E-state index contributed by atoms with van der Waals surface area (Å²) in [5.41, 5.74) is -0.759. The highest BCUT2D eigenvalue weighted by molar-refractivity contribution is 6.87. The van der Waals surface area contributed by atoms with Crippen molar-refractivity contribution < 1.29 is 28.0 Å². The summed E-state index contributed by atoms with van der Waals surface area (Å²) < 4.78 is 12.7. The van der Waals surface area contributed by atoms with Gasteiger partial charge in [-0.05, 0) is 70.1 Å². The van der Waals surface area contributed by atoms with Crippen molar-refractivity contribution in [1.82, 2.24) is 0 Å². The molecule has 0 unspecified atom stereocenters. The minimum atomic E-state index is -2.24. The first-order valence-corrected chi connectivity index (χ1v) is 18.7. The van der Waals surface area contributed by atoms with Gasteiger partial charge in [0.25, 0.3) is 0 Å². The molecule has 0 aromatic heterocycles. The molecule has 0 saturated heterocycles. The fraction of sp³-hybridized carbons (Fsp3) is 0.778. The van der Waals surface area contributed by atoms with Gasteiger partial charge in [-0.2, -0.15) is 0 Å². The van der Waals surface area contributed by atoms with Crippen LogP contribution < -0.4 is 0 Å². The number of aliphatic carboxylic acids is 2. The van der Waals surface area contributed by atoms with Crippen molar-refractivity contribution in [2.45, 2.75) is 85.5 Å². The first kappa shape index (κ1) is 26.3. The molecule has 0 radical (unpaired) electrons. The van der Waals surface area contributed by atoms with E-state index >= 15 is 0 Å². The third-order valence-corrected chi connectivity index (χ3v) is 14.0. The van der Waals surface area contributed by atoms with Gasteiger partial charge in [-0.15, -0.1) is 0 Å². The van der Waals surface area contributed by atoms with Crippen LogP contribution in [0.2, 0.25) is 51.9 Å². The Kier molecular flexibility index (Phi) is 8.91. The van der Waals surface area contributed by atoms with Gasteiger partial charge in [-0.1, -0.05) is 20.8 Å². The van der Waals surface area contributed by atoms with E-state index in [0.29, 0.717) is 6.42 Å². The van der Waals surface area contributed by atoms with Gasteiger partial charge in [-0.3, -0.25) is 0 Å². The lowest BCUT2D eigenvalue weighted by molar-refractivity contribution is -0.137. The summed E-state index contributed by atoms with van der Waals surface area (Å²) in [4.78, 5) is 23.3. The van der Waals surface area contributed by atoms with Crippen molar-refractivity contribution in [2.24, 2.45) is 5.41 Å². The number of hydrogen-bond donors (Lipinski definition) is 2. The van der Waals surface area contributed by atoms with Crippen LogP contribution in [0.3, 0.4) is 0 Å². The lowest BCUT2D eigenvalue weighted by Crippen LogP contribution is -2.51. The van der Waals surface area contributed by atoms with E-state index in [1.165, 1.54) is 0 Å². The molecule has 0 fully saturated rings. The van der Waals surface area contributed by atoms with E-state index in [1.807, 2.05) is 0 Å². The number of rotatable bonds is 10. The van der Waals surface area contributed by atoms with Crippen LogP contribution >= 0.6 is 0 Å². The third kappa shape index (κ3) is 10.4. The van der Waals surface area contributed by atoms with Crippen LogP contribution in [0.1, 0.15) is 33.6 Å². The maximum absolute atomic E-state index is 11.7. The zero-order valence-electron chi connectivity index (χ0n) is 18.6. The molecule has 0 amide bonds. The van der Waals surface area contributed by atoms with Crippen LogP contribution in [0.5, 0.6) is 0 Å². The van der Waals surface area contributed by atoms with Crippen LogP contribution in [-0.2, 0) is 17.8 Å².